The third kappa shape index (κ3) is 2.82. The second-order valence-corrected chi connectivity index (χ2v) is 12.2. The molecule has 3 N–H and O–H groups in total. The quantitative estimate of drug-likeness (QED) is 0.578. The Morgan fingerprint density at radius 2 is 1.83 bits per heavy atom. The molecule has 6 heteroatoms. The van der Waals surface area contributed by atoms with Gasteiger partial charge in [0.2, 0.25) is 0 Å². The second kappa shape index (κ2) is 7.58. The van der Waals surface area contributed by atoms with E-state index in [2.05, 4.69) is 38.3 Å². The number of ether oxygens (including phenoxy) is 1. The summed E-state index contributed by atoms with van der Waals surface area (Å²) in [6.45, 7) is 8.85. The van der Waals surface area contributed by atoms with E-state index in [9.17, 15) is 14.7 Å². The fraction of sp³-hybridized carbons (Fsp3) is 0.533. The topological polar surface area (TPSA) is 87.7 Å². The molecule has 2 aliphatic carbocycles. The molecule has 0 saturated heterocycles. The summed E-state index contributed by atoms with van der Waals surface area (Å²) < 4.78 is 7.33. The first-order chi connectivity index (χ1) is 17.0. The molecule has 0 radical (unpaired) electrons. The minimum Gasteiger partial charge on any atom is -0.508 e. The summed E-state index contributed by atoms with van der Waals surface area (Å²) in [6, 6.07) is 10.3. The number of hydrogen-bond donors (Lipinski definition) is 3. The van der Waals surface area contributed by atoms with Gasteiger partial charge in [-0.1, -0.05) is 52.0 Å². The highest BCUT2D eigenvalue weighted by molar-refractivity contribution is 6.01. The van der Waals surface area contributed by atoms with Crippen molar-refractivity contribution in [2.75, 3.05) is 7.05 Å². The number of rotatable bonds is 2. The predicted molar refractivity (Wildman–Crippen MR) is 137 cm³/mol. The number of aromatic hydroxyl groups is 1. The average Bonchev–Trinajstić information content (AvgIpc) is 3.18. The van der Waals surface area contributed by atoms with Gasteiger partial charge in [-0.2, -0.15) is 0 Å². The highest BCUT2D eigenvalue weighted by Crippen LogP contribution is 2.66. The summed E-state index contributed by atoms with van der Waals surface area (Å²) in [7, 11) is 1.87. The van der Waals surface area contributed by atoms with Crippen molar-refractivity contribution in [3.63, 3.8) is 0 Å². The van der Waals surface area contributed by atoms with E-state index in [1.54, 1.807) is 12.1 Å². The zero-order valence-corrected chi connectivity index (χ0v) is 21.8. The van der Waals surface area contributed by atoms with Crippen molar-refractivity contribution >= 4 is 11.7 Å². The lowest BCUT2D eigenvalue weighted by Crippen LogP contribution is -2.73. The maximum absolute atomic E-state index is 13.5. The Bertz CT molecular complexity index is 1290. The molecule has 1 spiro atoms. The second-order valence-electron chi connectivity index (χ2n) is 12.2. The van der Waals surface area contributed by atoms with Gasteiger partial charge in [-0.15, -0.1) is 0 Å². The van der Waals surface area contributed by atoms with Gasteiger partial charge in [0.1, 0.15) is 17.1 Å². The van der Waals surface area contributed by atoms with E-state index in [0.29, 0.717) is 23.5 Å². The van der Waals surface area contributed by atoms with E-state index >= 15 is 0 Å². The number of Topliss-reactive ketones (excluding diaryl/α,β-unsaturated/α-hetero) is 1. The van der Waals surface area contributed by atoms with Crippen LogP contribution in [0.15, 0.2) is 36.4 Å². The van der Waals surface area contributed by atoms with Crippen LogP contribution in [0.3, 0.4) is 0 Å². The van der Waals surface area contributed by atoms with Crippen LogP contribution in [0.1, 0.15) is 80.0 Å². The molecular formula is C30H36N2O4. The molecular weight excluding hydrogens is 452 g/mol. The molecule has 36 heavy (non-hydrogen) atoms. The number of carbonyl (C=O) groups is 2. The first kappa shape index (κ1) is 23.5. The zero-order valence-electron chi connectivity index (χ0n) is 21.8. The van der Waals surface area contributed by atoms with Crippen LogP contribution in [0.25, 0.3) is 0 Å². The number of fused-ring (bicyclic) bond motifs is 3. The molecule has 0 aromatic heterocycles. The van der Waals surface area contributed by atoms with Crippen LogP contribution in [0, 0.1) is 22.7 Å². The molecule has 190 valence electrons. The number of amides is 1. The van der Waals surface area contributed by atoms with Gasteiger partial charge in [0.15, 0.2) is 5.78 Å². The van der Waals surface area contributed by atoms with Gasteiger partial charge in [-0.25, -0.2) is 0 Å². The Morgan fingerprint density at radius 3 is 2.56 bits per heavy atom. The maximum atomic E-state index is 13.5. The molecule has 0 bridgehead atoms. The van der Waals surface area contributed by atoms with E-state index in [0.717, 1.165) is 36.1 Å². The van der Waals surface area contributed by atoms with Gasteiger partial charge in [0, 0.05) is 39.9 Å². The van der Waals surface area contributed by atoms with Crippen LogP contribution < -0.4 is 15.4 Å². The van der Waals surface area contributed by atoms with Crippen molar-refractivity contribution in [2.45, 2.75) is 71.1 Å². The first-order valence-corrected chi connectivity index (χ1v) is 13.2. The highest BCUT2D eigenvalue weighted by Gasteiger charge is 2.69. The summed E-state index contributed by atoms with van der Waals surface area (Å²) in [4.78, 5) is 26.6. The van der Waals surface area contributed by atoms with E-state index < -0.39 is 17.1 Å². The predicted octanol–water partition coefficient (Wildman–Crippen LogP) is 4.54. The van der Waals surface area contributed by atoms with E-state index in [-0.39, 0.29) is 34.8 Å². The lowest BCUT2D eigenvalue weighted by molar-refractivity contribution is -0.212. The van der Waals surface area contributed by atoms with Gasteiger partial charge < -0.3 is 20.5 Å². The molecule has 2 aliphatic heterocycles. The fourth-order valence-electron chi connectivity index (χ4n) is 8.12. The Hall–Kier alpha value is -2.86. The number of benzene rings is 2. The van der Waals surface area contributed by atoms with Crippen LogP contribution in [-0.2, 0) is 11.2 Å². The maximum Gasteiger partial charge on any atom is 0.252 e. The number of likely N-dealkylation sites (N-methyl/N-ethyl adjacent to an activating group) is 1. The number of para-hydroxylation sites is 1. The Kier molecular flexibility index (Phi) is 4.95. The number of nitrogens with one attached hydrogen (secondary N) is 2. The van der Waals surface area contributed by atoms with Crippen LogP contribution in [0.2, 0.25) is 0 Å². The third-order valence-corrected chi connectivity index (χ3v) is 10.4. The fourth-order valence-corrected chi connectivity index (χ4v) is 8.12. The highest BCUT2D eigenvalue weighted by atomic mass is 16.5. The molecule has 6 rings (SSSR count). The number of phenols is 1. The van der Waals surface area contributed by atoms with Crippen molar-refractivity contribution < 1.29 is 19.4 Å². The summed E-state index contributed by atoms with van der Waals surface area (Å²) >= 11 is 0. The molecule has 6 nitrogen and oxygen atoms in total. The van der Waals surface area contributed by atoms with Gasteiger partial charge in [0.05, 0.1) is 12.1 Å². The number of ketones is 1. The Balaban J connectivity index is 1.58. The molecule has 1 amide bonds. The normalized spacial score (nSPS) is 36.1. The van der Waals surface area contributed by atoms with Crippen molar-refractivity contribution in [3.05, 3.63) is 58.7 Å². The van der Waals surface area contributed by atoms with E-state index in [1.807, 2.05) is 31.3 Å². The van der Waals surface area contributed by atoms with Crippen molar-refractivity contribution in [3.8, 4) is 11.5 Å². The number of phenolic OH excluding ortho intramolecular Hbond substituents is 1. The van der Waals surface area contributed by atoms with Gasteiger partial charge in [-0.05, 0) is 49.9 Å². The SMILES string of the molecule is CNC1C[C@@]23Oc4c(ccc5c4C(c4ccccc4O)NC5=O)C[C@]2(C)[C@@H](C)CC[C@H]3C(C)(C)C1=O. The molecule has 2 aromatic carbocycles. The standard InChI is InChI=1S/C30H36N2O4/c1-16-10-13-22-28(2,3)26(34)20(31-5)15-30(22)29(16,4)14-17-11-12-19-23(25(17)36-30)24(32-27(19)35)18-8-6-7-9-21(18)33/h6-9,11-12,16,20,22,24,31,33H,10,13-15H2,1-5H3,(H,32,35)/t16-,20?,22-,24?,29+,30-/m0/s1. The molecule has 2 heterocycles. The minimum atomic E-state index is -0.549. The lowest BCUT2D eigenvalue weighted by atomic mass is 9.43. The zero-order chi connectivity index (χ0) is 25.6. The van der Waals surface area contributed by atoms with Gasteiger partial charge in [-0.3, -0.25) is 9.59 Å². The Labute approximate surface area is 212 Å². The molecule has 2 aromatic rings. The Morgan fingerprint density at radius 1 is 1.08 bits per heavy atom. The summed E-state index contributed by atoms with van der Waals surface area (Å²) in [5.41, 5.74) is 1.92. The monoisotopic (exact) mass is 488 g/mol. The first-order valence-electron chi connectivity index (χ1n) is 13.2. The summed E-state index contributed by atoms with van der Waals surface area (Å²) in [5.74, 6) is 1.50. The molecule has 2 saturated carbocycles. The largest absolute Gasteiger partial charge is 0.508 e. The number of carbonyl (C=O) groups excluding carboxylic acids is 2. The molecule has 6 atom stereocenters. The molecule has 4 aliphatic rings. The lowest BCUT2D eigenvalue weighted by Gasteiger charge is -2.66. The minimum absolute atomic E-state index is 0.0703. The third-order valence-electron chi connectivity index (χ3n) is 10.4. The van der Waals surface area contributed by atoms with Crippen LogP contribution in [-0.4, -0.2) is 35.5 Å². The molecule has 2 fully saturated rings. The summed E-state index contributed by atoms with van der Waals surface area (Å²) in [6.07, 6.45) is 3.45. The summed E-state index contributed by atoms with van der Waals surface area (Å²) in [5, 5.41) is 17.0. The average molecular weight is 489 g/mol. The van der Waals surface area contributed by atoms with E-state index in [1.165, 1.54) is 0 Å². The van der Waals surface area contributed by atoms with Crippen LogP contribution >= 0.6 is 0 Å². The van der Waals surface area contributed by atoms with E-state index in [4.69, 9.17) is 4.74 Å². The van der Waals surface area contributed by atoms with Crippen molar-refractivity contribution in [1.29, 1.82) is 0 Å². The molecule has 2 unspecified atom stereocenters. The van der Waals surface area contributed by atoms with Gasteiger partial charge in [0.25, 0.3) is 5.91 Å². The number of hydrogen-bond acceptors (Lipinski definition) is 5. The van der Waals surface area contributed by atoms with Crippen LogP contribution in [0.5, 0.6) is 11.5 Å². The van der Waals surface area contributed by atoms with Crippen molar-refractivity contribution in [1.82, 2.24) is 10.6 Å². The van der Waals surface area contributed by atoms with Crippen molar-refractivity contribution in [2.24, 2.45) is 22.7 Å². The van der Waals surface area contributed by atoms with Crippen LogP contribution in [0.4, 0.5) is 0 Å². The van der Waals surface area contributed by atoms with Gasteiger partial charge >= 0.3 is 0 Å². The smallest absolute Gasteiger partial charge is 0.252 e.